The van der Waals surface area contributed by atoms with Crippen molar-refractivity contribution in [2.24, 2.45) is 5.92 Å². The summed E-state index contributed by atoms with van der Waals surface area (Å²) in [6.45, 7) is 8.46. The van der Waals surface area contributed by atoms with E-state index in [0.717, 1.165) is 12.8 Å². The van der Waals surface area contributed by atoms with Crippen molar-refractivity contribution in [2.75, 3.05) is 13.2 Å². The van der Waals surface area contributed by atoms with Crippen LogP contribution in [0.5, 0.6) is 0 Å². The van der Waals surface area contributed by atoms with Gasteiger partial charge in [-0.1, -0.05) is 20.8 Å². The normalized spacial score (nSPS) is 15.4. The van der Waals surface area contributed by atoms with Crippen LogP contribution >= 0.6 is 0 Å². The molecule has 2 atom stereocenters. The van der Waals surface area contributed by atoms with Crippen molar-refractivity contribution in [1.29, 1.82) is 0 Å². The van der Waals surface area contributed by atoms with Gasteiger partial charge in [0.15, 0.2) is 0 Å². The quantitative estimate of drug-likeness (QED) is 0.666. The molecule has 0 aliphatic carbocycles. The molecule has 2 unspecified atom stereocenters. The van der Waals surface area contributed by atoms with E-state index in [1.165, 1.54) is 0 Å². The number of carboxylic acid groups (broad SMARTS) is 1. The molecule has 0 radical (unpaired) electrons. The van der Waals surface area contributed by atoms with Gasteiger partial charge in [-0.25, -0.2) is 0 Å². The number of aliphatic hydroxyl groups is 1. The first-order valence-electron chi connectivity index (χ1n) is 6.08. The number of aliphatic carboxylic acids is 1. The van der Waals surface area contributed by atoms with E-state index in [0.29, 0.717) is 12.6 Å². The van der Waals surface area contributed by atoms with Crippen LogP contribution in [0.15, 0.2) is 0 Å². The molecule has 0 rings (SSSR count). The van der Waals surface area contributed by atoms with Crippen molar-refractivity contribution >= 4 is 5.97 Å². The molecule has 2 N–H and O–H groups in total. The van der Waals surface area contributed by atoms with Crippen LogP contribution in [0.4, 0.5) is 0 Å². The van der Waals surface area contributed by atoms with Gasteiger partial charge in [-0.05, 0) is 19.8 Å². The Morgan fingerprint density at radius 3 is 2.06 bits per heavy atom. The van der Waals surface area contributed by atoms with E-state index in [1.807, 2.05) is 6.92 Å². The summed E-state index contributed by atoms with van der Waals surface area (Å²) in [6, 6.07) is 0.304. The van der Waals surface area contributed by atoms with Crippen molar-refractivity contribution in [3.05, 3.63) is 0 Å². The highest BCUT2D eigenvalue weighted by Gasteiger charge is 2.28. The van der Waals surface area contributed by atoms with E-state index in [-0.39, 0.29) is 12.6 Å². The van der Waals surface area contributed by atoms with E-state index in [2.05, 4.69) is 18.7 Å². The molecule has 0 spiro atoms. The van der Waals surface area contributed by atoms with Gasteiger partial charge in [0, 0.05) is 18.6 Å². The molecule has 0 heterocycles. The minimum Gasteiger partial charge on any atom is -0.481 e. The Morgan fingerprint density at radius 1 is 1.25 bits per heavy atom. The summed E-state index contributed by atoms with van der Waals surface area (Å²) in [5.74, 6) is -1.19. The summed E-state index contributed by atoms with van der Waals surface area (Å²) >= 11 is 0. The molecule has 0 aliphatic rings. The Balaban J connectivity index is 4.68. The molecule has 0 aromatic rings. The standard InChI is InChI=1S/C12H25NO3/c1-5-11(6-2)13(7-8-14)10(4)9(3)12(15)16/h9-11,14H,5-8H2,1-4H3,(H,15,16). The maximum Gasteiger partial charge on any atom is 0.307 e. The summed E-state index contributed by atoms with van der Waals surface area (Å²) in [4.78, 5) is 13.1. The zero-order chi connectivity index (χ0) is 12.7. The fourth-order valence-corrected chi connectivity index (χ4v) is 2.09. The molecular formula is C12H25NO3. The number of hydrogen-bond donors (Lipinski definition) is 2. The second-order valence-electron chi connectivity index (χ2n) is 4.30. The second kappa shape index (κ2) is 7.63. The number of rotatable bonds is 8. The largest absolute Gasteiger partial charge is 0.481 e. The van der Waals surface area contributed by atoms with E-state index < -0.39 is 11.9 Å². The van der Waals surface area contributed by atoms with Crippen LogP contribution in [0.3, 0.4) is 0 Å². The van der Waals surface area contributed by atoms with Gasteiger partial charge in [-0.2, -0.15) is 0 Å². The summed E-state index contributed by atoms with van der Waals surface area (Å²) < 4.78 is 0. The van der Waals surface area contributed by atoms with Crippen molar-refractivity contribution in [3.63, 3.8) is 0 Å². The van der Waals surface area contributed by atoms with Crippen molar-refractivity contribution in [3.8, 4) is 0 Å². The first kappa shape index (κ1) is 15.4. The summed E-state index contributed by atoms with van der Waals surface area (Å²) in [5.41, 5.74) is 0. The fourth-order valence-electron chi connectivity index (χ4n) is 2.09. The highest BCUT2D eigenvalue weighted by Crippen LogP contribution is 2.18. The van der Waals surface area contributed by atoms with Crippen molar-refractivity contribution in [1.82, 2.24) is 4.90 Å². The zero-order valence-corrected chi connectivity index (χ0v) is 10.8. The van der Waals surface area contributed by atoms with Gasteiger partial charge in [0.05, 0.1) is 12.5 Å². The third kappa shape index (κ3) is 4.10. The lowest BCUT2D eigenvalue weighted by atomic mass is 9.98. The molecular weight excluding hydrogens is 206 g/mol. The van der Waals surface area contributed by atoms with Gasteiger partial charge in [-0.3, -0.25) is 9.69 Å². The molecule has 96 valence electrons. The van der Waals surface area contributed by atoms with E-state index in [4.69, 9.17) is 10.2 Å². The monoisotopic (exact) mass is 231 g/mol. The predicted molar refractivity (Wildman–Crippen MR) is 64.4 cm³/mol. The molecule has 0 fully saturated rings. The van der Waals surface area contributed by atoms with Crippen molar-refractivity contribution in [2.45, 2.75) is 52.6 Å². The summed E-state index contributed by atoms with van der Waals surface area (Å²) in [5, 5.41) is 18.1. The van der Waals surface area contributed by atoms with Crippen LogP contribution in [0.2, 0.25) is 0 Å². The molecule has 4 nitrogen and oxygen atoms in total. The lowest BCUT2D eigenvalue weighted by Gasteiger charge is -2.37. The van der Waals surface area contributed by atoms with Gasteiger partial charge in [0.25, 0.3) is 0 Å². The van der Waals surface area contributed by atoms with Crippen LogP contribution in [0.25, 0.3) is 0 Å². The highest BCUT2D eigenvalue weighted by molar-refractivity contribution is 5.70. The van der Waals surface area contributed by atoms with E-state index in [1.54, 1.807) is 6.92 Å². The molecule has 0 bridgehead atoms. The third-order valence-corrected chi connectivity index (χ3v) is 3.41. The van der Waals surface area contributed by atoms with Crippen LogP contribution in [0, 0.1) is 5.92 Å². The minimum atomic E-state index is -0.776. The van der Waals surface area contributed by atoms with Gasteiger partial charge in [-0.15, -0.1) is 0 Å². The Labute approximate surface area is 98.3 Å². The maximum atomic E-state index is 11.0. The van der Waals surface area contributed by atoms with Crippen molar-refractivity contribution < 1.29 is 15.0 Å². The smallest absolute Gasteiger partial charge is 0.307 e. The van der Waals surface area contributed by atoms with Crippen LogP contribution in [-0.4, -0.2) is 46.3 Å². The highest BCUT2D eigenvalue weighted by atomic mass is 16.4. The molecule has 0 aliphatic heterocycles. The number of carboxylic acids is 1. The average molecular weight is 231 g/mol. The molecule has 0 aromatic carbocycles. The lowest BCUT2D eigenvalue weighted by molar-refractivity contribution is -0.143. The SMILES string of the molecule is CCC(CC)N(CCO)C(C)C(C)C(=O)O. The van der Waals surface area contributed by atoms with E-state index >= 15 is 0 Å². The molecule has 0 saturated heterocycles. The Hall–Kier alpha value is -0.610. The number of nitrogens with zero attached hydrogens (tertiary/aromatic N) is 1. The van der Waals surface area contributed by atoms with Gasteiger partial charge < -0.3 is 10.2 Å². The zero-order valence-electron chi connectivity index (χ0n) is 10.8. The number of aliphatic hydroxyl groups excluding tert-OH is 1. The van der Waals surface area contributed by atoms with Crippen LogP contribution in [-0.2, 0) is 4.79 Å². The van der Waals surface area contributed by atoms with Gasteiger partial charge in [0.1, 0.15) is 0 Å². The first-order chi connectivity index (χ1) is 7.49. The van der Waals surface area contributed by atoms with Crippen LogP contribution in [0.1, 0.15) is 40.5 Å². The Bertz CT molecular complexity index is 204. The fraction of sp³-hybridized carbons (Fsp3) is 0.917. The molecule has 0 amide bonds. The number of carbonyl (C=O) groups is 1. The van der Waals surface area contributed by atoms with Gasteiger partial charge in [0.2, 0.25) is 0 Å². The molecule has 16 heavy (non-hydrogen) atoms. The van der Waals surface area contributed by atoms with Gasteiger partial charge >= 0.3 is 5.97 Å². The summed E-state index contributed by atoms with van der Waals surface area (Å²) in [7, 11) is 0. The summed E-state index contributed by atoms with van der Waals surface area (Å²) in [6.07, 6.45) is 1.96. The molecule has 0 saturated carbocycles. The topological polar surface area (TPSA) is 60.8 Å². The van der Waals surface area contributed by atoms with Crippen LogP contribution < -0.4 is 0 Å². The predicted octanol–water partition coefficient (Wildman–Crippen LogP) is 1.58. The van der Waals surface area contributed by atoms with E-state index in [9.17, 15) is 4.79 Å². The number of hydrogen-bond acceptors (Lipinski definition) is 3. The first-order valence-corrected chi connectivity index (χ1v) is 6.08. The minimum absolute atomic E-state index is 0.0467. The lowest BCUT2D eigenvalue weighted by Crippen LogP contribution is -2.47. The molecule has 4 heteroatoms. The maximum absolute atomic E-state index is 11.0. The Kier molecular flexibility index (Phi) is 7.34. The third-order valence-electron chi connectivity index (χ3n) is 3.41. The second-order valence-corrected chi connectivity index (χ2v) is 4.30. The Morgan fingerprint density at radius 2 is 1.75 bits per heavy atom. The molecule has 0 aromatic heterocycles. The average Bonchev–Trinajstić information content (AvgIpc) is 2.27.